The normalized spacial score (nSPS) is 12.2. The maximum absolute atomic E-state index is 12.6. The summed E-state index contributed by atoms with van der Waals surface area (Å²) in [5, 5.41) is 4.50. The number of carbonyl (C=O) groups is 1. The summed E-state index contributed by atoms with van der Waals surface area (Å²) in [6.45, 7) is 9.29. The lowest BCUT2D eigenvalue weighted by atomic mass is 9.93. The van der Waals surface area contributed by atoms with E-state index in [0.29, 0.717) is 21.5 Å². The Morgan fingerprint density at radius 3 is 2.21 bits per heavy atom. The van der Waals surface area contributed by atoms with Crippen LogP contribution in [0.5, 0.6) is 0 Å². The van der Waals surface area contributed by atoms with E-state index in [2.05, 4.69) is 16.5 Å². The van der Waals surface area contributed by atoms with Gasteiger partial charge in [-0.05, 0) is 55.2 Å². The summed E-state index contributed by atoms with van der Waals surface area (Å²) in [6, 6.07) is 12.7. The average Bonchev–Trinajstić information content (AvgIpc) is 2.98. The van der Waals surface area contributed by atoms with Crippen LogP contribution in [-0.4, -0.2) is 22.1 Å². The minimum atomic E-state index is -5.12. The van der Waals surface area contributed by atoms with Gasteiger partial charge in [-0.15, -0.1) is 5.10 Å². The molecule has 2 aromatic carbocycles. The van der Waals surface area contributed by atoms with E-state index in [9.17, 15) is 18.0 Å². The number of hydrogen-bond acceptors (Lipinski definition) is 4. The Balaban J connectivity index is 2.06. The van der Waals surface area contributed by atoms with Crippen molar-refractivity contribution in [3.05, 3.63) is 60.3 Å². The first-order valence-electron chi connectivity index (χ1n) is 8.76. The van der Waals surface area contributed by atoms with E-state index >= 15 is 0 Å². The third kappa shape index (κ3) is 4.17. The maximum atomic E-state index is 12.6. The zero-order valence-corrected chi connectivity index (χ0v) is 16.2. The topological polar surface area (TPSA) is 70.1 Å². The van der Waals surface area contributed by atoms with E-state index in [1.54, 1.807) is 25.1 Å². The van der Waals surface area contributed by atoms with Crippen molar-refractivity contribution >= 4 is 22.4 Å². The number of alkyl halides is 3. The number of carbonyl (C=O) groups excluding carboxylic acids is 1. The standard InChI is InChI=1S/C21H20F3N3O2/c1-12(2)18-16-11-14(13-5-8-15(9-6-13)20(3,4)25)7-10-17(16)27(26-18)29-19(28)21(22,23)24/h5-11H,1,25H2,2-4H3. The molecule has 0 aliphatic carbocycles. The number of nitrogens with two attached hydrogens (primary N) is 1. The van der Waals surface area contributed by atoms with Crippen molar-refractivity contribution in [3.63, 3.8) is 0 Å². The van der Waals surface area contributed by atoms with Crippen molar-refractivity contribution < 1.29 is 22.8 Å². The number of benzene rings is 2. The first-order valence-corrected chi connectivity index (χ1v) is 8.76. The molecule has 3 aromatic rings. The van der Waals surface area contributed by atoms with Gasteiger partial charge in [0.25, 0.3) is 0 Å². The van der Waals surface area contributed by atoms with Gasteiger partial charge < -0.3 is 10.6 Å². The van der Waals surface area contributed by atoms with Crippen LogP contribution < -0.4 is 10.6 Å². The molecule has 2 N–H and O–H groups in total. The minimum Gasteiger partial charge on any atom is -0.322 e. The van der Waals surface area contributed by atoms with Gasteiger partial charge in [0.15, 0.2) is 0 Å². The summed E-state index contributed by atoms with van der Waals surface area (Å²) in [7, 11) is 0. The van der Waals surface area contributed by atoms with Crippen LogP contribution in [0.25, 0.3) is 27.6 Å². The fourth-order valence-corrected chi connectivity index (χ4v) is 2.88. The average molecular weight is 403 g/mol. The molecule has 0 unspecified atom stereocenters. The molecule has 0 saturated heterocycles. The van der Waals surface area contributed by atoms with Gasteiger partial charge in [-0.25, -0.2) is 4.79 Å². The SMILES string of the molecule is C=C(C)c1nn(OC(=O)C(F)(F)F)c2ccc(-c3ccc(C(C)(C)N)cc3)cc12. The van der Waals surface area contributed by atoms with Crippen LogP contribution in [0.2, 0.25) is 0 Å². The van der Waals surface area contributed by atoms with Crippen molar-refractivity contribution in [2.45, 2.75) is 32.5 Å². The van der Waals surface area contributed by atoms with Gasteiger partial charge in [-0.2, -0.15) is 13.2 Å². The van der Waals surface area contributed by atoms with Gasteiger partial charge in [-0.1, -0.05) is 41.8 Å². The summed E-state index contributed by atoms with van der Waals surface area (Å²) in [6.07, 6.45) is -5.12. The Morgan fingerprint density at radius 1 is 1.10 bits per heavy atom. The van der Waals surface area contributed by atoms with Crippen molar-refractivity contribution in [1.82, 2.24) is 9.94 Å². The van der Waals surface area contributed by atoms with Crippen LogP contribution >= 0.6 is 0 Å². The lowest BCUT2D eigenvalue weighted by molar-refractivity contribution is -0.200. The largest absolute Gasteiger partial charge is 0.493 e. The second kappa shape index (κ2) is 7.04. The van der Waals surface area contributed by atoms with Gasteiger partial charge in [0, 0.05) is 10.9 Å². The van der Waals surface area contributed by atoms with Crippen molar-refractivity contribution in [3.8, 4) is 11.1 Å². The molecule has 0 bridgehead atoms. The molecule has 1 heterocycles. The van der Waals surface area contributed by atoms with Crippen LogP contribution in [0.3, 0.4) is 0 Å². The Morgan fingerprint density at radius 2 is 1.69 bits per heavy atom. The Bertz CT molecular complexity index is 1090. The summed E-state index contributed by atoms with van der Waals surface area (Å²) >= 11 is 0. The van der Waals surface area contributed by atoms with E-state index in [-0.39, 0.29) is 5.52 Å². The molecule has 3 rings (SSSR count). The molecule has 152 valence electrons. The third-order valence-electron chi connectivity index (χ3n) is 4.42. The van der Waals surface area contributed by atoms with Gasteiger partial charge >= 0.3 is 12.1 Å². The highest BCUT2D eigenvalue weighted by molar-refractivity contribution is 5.93. The van der Waals surface area contributed by atoms with Crippen molar-refractivity contribution in [2.24, 2.45) is 5.73 Å². The highest BCUT2D eigenvalue weighted by Gasteiger charge is 2.42. The Hall–Kier alpha value is -3.13. The fraction of sp³-hybridized carbons (Fsp3) is 0.238. The predicted octanol–water partition coefficient (Wildman–Crippen LogP) is 4.45. The molecule has 8 heteroatoms. The summed E-state index contributed by atoms with van der Waals surface area (Å²) in [5.74, 6) is -2.35. The van der Waals surface area contributed by atoms with Crippen molar-refractivity contribution in [2.75, 3.05) is 0 Å². The van der Waals surface area contributed by atoms with Crippen LogP contribution in [-0.2, 0) is 10.3 Å². The first-order chi connectivity index (χ1) is 13.4. The quantitative estimate of drug-likeness (QED) is 0.699. The van der Waals surface area contributed by atoms with Gasteiger partial charge in [-0.3, -0.25) is 0 Å². The Kier molecular flexibility index (Phi) is 5.00. The minimum absolute atomic E-state index is 0.226. The number of allylic oxidation sites excluding steroid dienone is 1. The lowest BCUT2D eigenvalue weighted by Crippen LogP contribution is -2.33. The third-order valence-corrected chi connectivity index (χ3v) is 4.42. The summed E-state index contributed by atoms with van der Waals surface area (Å²) in [4.78, 5) is 16.2. The van der Waals surface area contributed by atoms with E-state index in [1.165, 1.54) is 0 Å². The van der Waals surface area contributed by atoms with E-state index in [1.807, 2.05) is 38.1 Å². The van der Waals surface area contributed by atoms with Crippen LogP contribution in [0.4, 0.5) is 13.2 Å². The smallest absolute Gasteiger partial charge is 0.322 e. The second-order valence-corrected chi connectivity index (χ2v) is 7.41. The molecule has 5 nitrogen and oxygen atoms in total. The maximum Gasteiger partial charge on any atom is 0.493 e. The highest BCUT2D eigenvalue weighted by Crippen LogP contribution is 2.30. The van der Waals surface area contributed by atoms with Gasteiger partial charge in [0.1, 0.15) is 5.52 Å². The molecule has 0 spiro atoms. The monoisotopic (exact) mass is 403 g/mol. The van der Waals surface area contributed by atoms with Crippen molar-refractivity contribution in [1.29, 1.82) is 0 Å². The molecular weight excluding hydrogens is 383 g/mol. The van der Waals surface area contributed by atoms with E-state index < -0.39 is 17.7 Å². The number of fused-ring (bicyclic) bond motifs is 1. The first kappa shape index (κ1) is 20.6. The molecule has 0 radical (unpaired) electrons. The molecule has 29 heavy (non-hydrogen) atoms. The highest BCUT2D eigenvalue weighted by atomic mass is 19.4. The molecule has 0 aliphatic heterocycles. The second-order valence-electron chi connectivity index (χ2n) is 7.41. The summed E-state index contributed by atoms with van der Waals surface area (Å²) < 4.78 is 37.7. The molecule has 0 saturated carbocycles. The lowest BCUT2D eigenvalue weighted by Gasteiger charge is -2.19. The fourth-order valence-electron chi connectivity index (χ4n) is 2.88. The molecule has 1 aromatic heterocycles. The number of halogens is 3. The number of rotatable bonds is 4. The summed E-state index contributed by atoms with van der Waals surface area (Å²) in [5.41, 5.74) is 9.41. The van der Waals surface area contributed by atoms with E-state index in [0.717, 1.165) is 16.7 Å². The Labute approximate surface area is 165 Å². The molecule has 0 amide bonds. The van der Waals surface area contributed by atoms with Crippen LogP contribution in [0.1, 0.15) is 32.0 Å². The number of nitrogens with zero attached hydrogens (tertiary/aromatic N) is 2. The van der Waals surface area contributed by atoms with Crippen LogP contribution in [0.15, 0.2) is 49.0 Å². The van der Waals surface area contributed by atoms with Gasteiger partial charge in [0.2, 0.25) is 0 Å². The number of aromatic nitrogens is 2. The van der Waals surface area contributed by atoms with Gasteiger partial charge in [0.05, 0.1) is 5.69 Å². The van der Waals surface area contributed by atoms with Crippen LogP contribution in [0, 0.1) is 0 Å². The zero-order chi connectivity index (χ0) is 21.6. The van der Waals surface area contributed by atoms with E-state index in [4.69, 9.17) is 5.73 Å². The predicted molar refractivity (Wildman–Crippen MR) is 105 cm³/mol. The molecule has 0 aliphatic rings. The zero-order valence-electron chi connectivity index (χ0n) is 16.2. The number of hydrogen-bond donors (Lipinski definition) is 1. The molecular formula is C21H20F3N3O2. The molecule has 0 atom stereocenters. The molecule has 0 fully saturated rings.